The van der Waals surface area contributed by atoms with E-state index in [0.29, 0.717) is 16.7 Å². The van der Waals surface area contributed by atoms with Gasteiger partial charge in [0.1, 0.15) is 5.52 Å². The molecule has 6 heteroatoms. The van der Waals surface area contributed by atoms with Crippen LogP contribution >= 0.6 is 0 Å². The number of rotatable bonds is 3. The van der Waals surface area contributed by atoms with Gasteiger partial charge in [0.05, 0.1) is 11.1 Å². The summed E-state index contributed by atoms with van der Waals surface area (Å²) in [5.74, 6) is -0.821. The van der Waals surface area contributed by atoms with E-state index in [9.17, 15) is 9.59 Å². The van der Waals surface area contributed by atoms with Crippen LogP contribution in [0.5, 0.6) is 0 Å². The Morgan fingerprint density at radius 2 is 1.93 bits per heavy atom. The molecule has 140 valence electrons. The van der Waals surface area contributed by atoms with Crippen LogP contribution in [0.15, 0.2) is 53.3 Å². The fourth-order valence-electron chi connectivity index (χ4n) is 4.10. The zero-order valence-corrected chi connectivity index (χ0v) is 15.2. The number of fused-ring (bicyclic) bond motifs is 4. The van der Waals surface area contributed by atoms with Crippen molar-refractivity contribution in [1.29, 1.82) is 0 Å². The number of carbonyl (C=O) groups is 2. The molecule has 1 aliphatic carbocycles. The molecule has 0 unspecified atom stereocenters. The Kier molecular flexibility index (Phi) is 3.97. The van der Waals surface area contributed by atoms with E-state index in [1.165, 1.54) is 12.0 Å². The highest BCUT2D eigenvalue weighted by Crippen LogP contribution is 2.32. The fraction of sp³-hybridized carbons (Fsp3) is 0.227. The zero-order chi connectivity index (χ0) is 19.1. The molecule has 0 saturated carbocycles. The largest absolute Gasteiger partial charge is 0.452 e. The van der Waals surface area contributed by atoms with Crippen LogP contribution in [-0.4, -0.2) is 28.0 Å². The molecule has 0 N–H and O–H groups in total. The maximum absolute atomic E-state index is 13.0. The third kappa shape index (κ3) is 2.60. The van der Waals surface area contributed by atoms with Crippen molar-refractivity contribution >= 4 is 33.9 Å². The number of carbonyl (C=O) groups excluding carboxylic acids is 2. The molecule has 0 amide bonds. The molecule has 0 radical (unpaired) electrons. The second kappa shape index (κ2) is 6.64. The first-order valence-corrected chi connectivity index (χ1v) is 9.38. The average Bonchev–Trinajstić information content (AvgIpc) is 3.34. The van der Waals surface area contributed by atoms with Gasteiger partial charge in [0, 0.05) is 11.1 Å². The van der Waals surface area contributed by atoms with Gasteiger partial charge in [-0.1, -0.05) is 24.3 Å². The Morgan fingerprint density at radius 3 is 2.86 bits per heavy atom. The molecule has 5 rings (SSSR count). The number of aryl methyl sites for hydroxylation is 1. The van der Waals surface area contributed by atoms with Crippen molar-refractivity contribution in [1.82, 2.24) is 9.55 Å². The number of ether oxygens (including phenoxy) is 1. The second-order valence-electron chi connectivity index (χ2n) is 6.96. The molecule has 2 heterocycles. The maximum atomic E-state index is 13.0. The standard InChI is InChI=1S/C22H18N2O4/c25-20(12-27-22(26)16-8-5-11-19-21(16)23-13-28-19)24-17-9-3-1-6-14(17)15-7-2-4-10-18(15)24/h1,3,5-6,8-9,11,13H,2,4,7,10,12H2. The number of esters is 1. The number of oxazole rings is 1. The summed E-state index contributed by atoms with van der Waals surface area (Å²) in [6.07, 6.45) is 5.31. The minimum absolute atomic E-state index is 0.236. The number of hydrogen-bond donors (Lipinski definition) is 0. The third-order valence-electron chi connectivity index (χ3n) is 5.34. The minimum atomic E-state index is -0.585. The third-order valence-corrected chi connectivity index (χ3v) is 5.34. The molecule has 2 aromatic heterocycles. The van der Waals surface area contributed by atoms with E-state index in [0.717, 1.165) is 42.3 Å². The summed E-state index contributed by atoms with van der Waals surface area (Å²) in [5.41, 5.74) is 4.41. The van der Waals surface area contributed by atoms with Gasteiger partial charge in [0.25, 0.3) is 5.91 Å². The van der Waals surface area contributed by atoms with E-state index >= 15 is 0 Å². The van der Waals surface area contributed by atoms with Gasteiger partial charge in [0.2, 0.25) is 0 Å². The van der Waals surface area contributed by atoms with E-state index in [1.54, 1.807) is 22.8 Å². The van der Waals surface area contributed by atoms with E-state index in [4.69, 9.17) is 9.15 Å². The minimum Gasteiger partial charge on any atom is -0.452 e. The summed E-state index contributed by atoms with van der Waals surface area (Å²) < 4.78 is 12.3. The number of aromatic nitrogens is 2. The highest BCUT2D eigenvalue weighted by Gasteiger charge is 2.24. The lowest BCUT2D eigenvalue weighted by atomic mass is 9.95. The van der Waals surface area contributed by atoms with Crippen molar-refractivity contribution < 1.29 is 18.7 Å². The number of para-hydroxylation sites is 2. The molecule has 6 nitrogen and oxygen atoms in total. The molecule has 0 bridgehead atoms. The lowest BCUT2D eigenvalue weighted by molar-refractivity contribution is 0.0451. The first kappa shape index (κ1) is 16.7. The van der Waals surface area contributed by atoms with E-state index in [2.05, 4.69) is 11.1 Å². The zero-order valence-electron chi connectivity index (χ0n) is 15.2. The Bertz CT molecular complexity index is 1220. The highest BCUT2D eigenvalue weighted by molar-refractivity contribution is 6.03. The SMILES string of the molecule is O=C(OCC(=O)n1c2c(c3ccccc31)CCCC2)c1cccc2ocnc12. The van der Waals surface area contributed by atoms with Crippen LogP contribution in [-0.2, 0) is 17.6 Å². The van der Waals surface area contributed by atoms with Crippen LogP contribution in [0.2, 0.25) is 0 Å². The van der Waals surface area contributed by atoms with Crippen LogP contribution in [0.25, 0.3) is 22.0 Å². The summed E-state index contributed by atoms with van der Waals surface area (Å²) in [6, 6.07) is 13.0. The Morgan fingerprint density at radius 1 is 1.07 bits per heavy atom. The predicted octanol–water partition coefficient (Wildman–Crippen LogP) is 4.16. The number of hydrogen-bond acceptors (Lipinski definition) is 5. The summed E-state index contributed by atoms with van der Waals surface area (Å²) in [5, 5.41) is 1.12. The average molecular weight is 374 g/mol. The summed E-state index contributed by atoms with van der Waals surface area (Å²) in [7, 11) is 0. The van der Waals surface area contributed by atoms with Crippen LogP contribution < -0.4 is 0 Å². The molecular formula is C22H18N2O4. The molecule has 28 heavy (non-hydrogen) atoms. The van der Waals surface area contributed by atoms with Crippen molar-refractivity contribution in [3.05, 3.63) is 65.7 Å². The topological polar surface area (TPSA) is 74.3 Å². The van der Waals surface area contributed by atoms with E-state index in [1.807, 2.05) is 18.2 Å². The summed E-state index contributed by atoms with van der Waals surface area (Å²) >= 11 is 0. The van der Waals surface area contributed by atoms with E-state index in [-0.39, 0.29) is 12.5 Å². The van der Waals surface area contributed by atoms with Gasteiger partial charge >= 0.3 is 5.97 Å². The molecule has 0 spiro atoms. The molecule has 0 saturated heterocycles. The predicted molar refractivity (Wildman–Crippen MR) is 103 cm³/mol. The van der Waals surface area contributed by atoms with Gasteiger partial charge in [0.15, 0.2) is 18.6 Å². The Hall–Kier alpha value is -3.41. The van der Waals surface area contributed by atoms with Crippen LogP contribution in [0.1, 0.15) is 39.3 Å². The van der Waals surface area contributed by atoms with Gasteiger partial charge < -0.3 is 9.15 Å². The van der Waals surface area contributed by atoms with Crippen LogP contribution in [0.4, 0.5) is 0 Å². The highest BCUT2D eigenvalue weighted by atomic mass is 16.5. The van der Waals surface area contributed by atoms with Gasteiger partial charge in [-0.25, -0.2) is 9.78 Å². The number of nitrogens with zero attached hydrogens (tertiary/aromatic N) is 2. The van der Waals surface area contributed by atoms with Crippen LogP contribution in [0, 0.1) is 0 Å². The first-order valence-electron chi connectivity index (χ1n) is 9.38. The Balaban J connectivity index is 1.44. The molecule has 0 aliphatic heterocycles. The Labute approximate surface area is 160 Å². The fourth-order valence-corrected chi connectivity index (χ4v) is 4.10. The van der Waals surface area contributed by atoms with Gasteiger partial charge in [-0.2, -0.15) is 0 Å². The molecule has 1 aliphatic rings. The maximum Gasteiger partial charge on any atom is 0.340 e. The van der Waals surface area contributed by atoms with Crippen molar-refractivity contribution in [3.63, 3.8) is 0 Å². The van der Waals surface area contributed by atoms with Gasteiger partial charge in [-0.05, 0) is 49.4 Å². The lowest BCUT2D eigenvalue weighted by Crippen LogP contribution is -2.22. The van der Waals surface area contributed by atoms with Crippen molar-refractivity contribution in [2.75, 3.05) is 6.61 Å². The van der Waals surface area contributed by atoms with E-state index < -0.39 is 5.97 Å². The monoisotopic (exact) mass is 374 g/mol. The smallest absolute Gasteiger partial charge is 0.340 e. The summed E-state index contributed by atoms with van der Waals surface area (Å²) in [4.78, 5) is 29.6. The molecular weight excluding hydrogens is 356 g/mol. The molecule has 0 atom stereocenters. The van der Waals surface area contributed by atoms with Gasteiger partial charge in [-0.15, -0.1) is 0 Å². The second-order valence-corrected chi connectivity index (χ2v) is 6.96. The van der Waals surface area contributed by atoms with Crippen molar-refractivity contribution in [3.8, 4) is 0 Å². The normalized spacial score (nSPS) is 13.6. The quantitative estimate of drug-likeness (QED) is 0.504. The molecule has 4 aromatic rings. The van der Waals surface area contributed by atoms with Gasteiger partial charge in [-0.3, -0.25) is 9.36 Å². The van der Waals surface area contributed by atoms with Crippen molar-refractivity contribution in [2.45, 2.75) is 25.7 Å². The van der Waals surface area contributed by atoms with Crippen molar-refractivity contribution in [2.24, 2.45) is 0 Å². The number of benzene rings is 2. The lowest BCUT2D eigenvalue weighted by Gasteiger charge is -2.15. The molecule has 2 aromatic carbocycles. The van der Waals surface area contributed by atoms with Crippen LogP contribution in [0.3, 0.4) is 0 Å². The first-order chi connectivity index (χ1) is 13.7. The summed E-state index contributed by atoms with van der Waals surface area (Å²) in [6.45, 7) is -0.321. The molecule has 0 fully saturated rings.